The van der Waals surface area contributed by atoms with Crippen LogP contribution in [0, 0.1) is 0 Å². The predicted molar refractivity (Wildman–Crippen MR) is 67.6 cm³/mol. The van der Waals surface area contributed by atoms with Gasteiger partial charge in [0.1, 0.15) is 5.69 Å². The molecule has 1 unspecified atom stereocenters. The van der Waals surface area contributed by atoms with Crippen LogP contribution in [0.15, 0.2) is 18.3 Å². The van der Waals surface area contributed by atoms with Crippen molar-refractivity contribution in [2.75, 3.05) is 33.4 Å². The van der Waals surface area contributed by atoms with E-state index in [-0.39, 0.29) is 12.1 Å². The lowest BCUT2D eigenvalue weighted by atomic mass is 10.2. The van der Waals surface area contributed by atoms with Gasteiger partial charge in [-0.05, 0) is 26.1 Å². The molecule has 0 amide bonds. The van der Waals surface area contributed by atoms with Gasteiger partial charge in [0.2, 0.25) is 0 Å². The van der Waals surface area contributed by atoms with Crippen molar-refractivity contribution in [3.63, 3.8) is 0 Å². The Morgan fingerprint density at radius 3 is 3.17 bits per heavy atom. The normalized spacial score (nSPS) is 20.9. The van der Waals surface area contributed by atoms with Gasteiger partial charge >= 0.3 is 5.97 Å². The third-order valence-corrected chi connectivity index (χ3v) is 3.06. The monoisotopic (exact) mass is 252 g/mol. The number of ether oxygens (including phenoxy) is 2. The second-order valence-corrected chi connectivity index (χ2v) is 4.52. The number of hydrogen-bond acceptors (Lipinski definition) is 4. The molecule has 1 fully saturated rings. The van der Waals surface area contributed by atoms with Crippen LogP contribution in [-0.4, -0.2) is 54.9 Å². The zero-order valence-corrected chi connectivity index (χ0v) is 11.0. The summed E-state index contributed by atoms with van der Waals surface area (Å²) < 4.78 is 12.6. The predicted octanol–water partition coefficient (Wildman–Crippen LogP) is 0.995. The molecule has 2 rings (SSSR count). The van der Waals surface area contributed by atoms with Gasteiger partial charge in [-0.15, -0.1) is 0 Å². The van der Waals surface area contributed by atoms with Gasteiger partial charge in [-0.3, -0.25) is 0 Å². The van der Waals surface area contributed by atoms with Crippen molar-refractivity contribution in [2.24, 2.45) is 0 Å². The SMILES string of the molecule is CCOC(=O)c1cccn1CC1CN(C)CCO1. The molecule has 1 aromatic rings. The Labute approximate surface area is 107 Å². The van der Waals surface area contributed by atoms with E-state index in [0.717, 1.165) is 19.7 Å². The van der Waals surface area contributed by atoms with Crippen LogP contribution >= 0.6 is 0 Å². The minimum atomic E-state index is -0.272. The first-order chi connectivity index (χ1) is 8.70. The molecule has 1 aliphatic heterocycles. The number of carbonyl (C=O) groups excluding carboxylic acids is 1. The lowest BCUT2D eigenvalue weighted by Crippen LogP contribution is -2.42. The molecule has 0 spiro atoms. The number of likely N-dealkylation sites (N-methyl/N-ethyl adjacent to an activating group) is 1. The molecule has 2 heterocycles. The topological polar surface area (TPSA) is 43.7 Å². The maximum absolute atomic E-state index is 11.7. The molecule has 1 aromatic heterocycles. The van der Waals surface area contributed by atoms with E-state index in [1.54, 1.807) is 6.07 Å². The average Bonchev–Trinajstić information content (AvgIpc) is 2.77. The zero-order valence-electron chi connectivity index (χ0n) is 11.0. The van der Waals surface area contributed by atoms with E-state index in [1.165, 1.54) is 0 Å². The molecule has 0 aliphatic carbocycles. The van der Waals surface area contributed by atoms with Crippen molar-refractivity contribution in [1.82, 2.24) is 9.47 Å². The molecule has 0 bridgehead atoms. The van der Waals surface area contributed by atoms with Crippen LogP contribution < -0.4 is 0 Å². The number of nitrogens with zero attached hydrogens (tertiary/aromatic N) is 2. The van der Waals surface area contributed by atoms with E-state index in [0.29, 0.717) is 18.8 Å². The van der Waals surface area contributed by atoms with Gasteiger partial charge in [-0.25, -0.2) is 4.79 Å². The molecule has 5 nitrogen and oxygen atoms in total. The van der Waals surface area contributed by atoms with Gasteiger partial charge in [0.25, 0.3) is 0 Å². The quantitative estimate of drug-likeness (QED) is 0.750. The van der Waals surface area contributed by atoms with Gasteiger partial charge < -0.3 is 18.9 Å². The smallest absolute Gasteiger partial charge is 0.354 e. The van der Waals surface area contributed by atoms with E-state index in [2.05, 4.69) is 11.9 Å². The van der Waals surface area contributed by atoms with Crippen LogP contribution in [0.2, 0.25) is 0 Å². The van der Waals surface area contributed by atoms with Crippen molar-refractivity contribution in [3.8, 4) is 0 Å². The Kier molecular flexibility index (Phi) is 4.38. The summed E-state index contributed by atoms with van der Waals surface area (Å²) in [5.41, 5.74) is 0.591. The number of esters is 1. The highest BCUT2D eigenvalue weighted by molar-refractivity contribution is 5.87. The summed E-state index contributed by atoms with van der Waals surface area (Å²) in [6.45, 7) is 5.49. The standard InChI is InChI=1S/C13H20N2O3/c1-3-17-13(16)12-5-4-6-15(12)10-11-9-14(2)7-8-18-11/h4-6,11H,3,7-10H2,1-2H3. The number of carbonyl (C=O) groups is 1. The minimum absolute atomic E-state index is 0.129. The summed E-state index contributed by atoms with van der Waals surface area (Å²) >= 11 is 0. The lowest BCUT2D eigenvalue weighted by Gasteiger charge is -2.30. The summed E-state index contributed by atoms with van der Waals surface area (Å²) in [5, 5.41) is 0. The Hall–Kier alpha value is -1.33. The van der Waals surface area contributed by atoms with E-state index in [9.17, 15) is 4.79 Å². The minimum Gasteiger partial charge on any atom is -0.461 e. The average molecular weight is 252 g/mol. The lowest BCUT2D eigenvalue weighted by molar-refractivity contribution is -0.0278. The molecule has 1 saturated heterocycles. The third-order valence-electron chi connectivity index (χ3n) is 3.06. The number of morpholine rings is 1. The first-order valence-corrected chi connectivity index (χ1v) is 6.33. The highest BCUT2D eigenvalue weighted by Crippen LogP contribution is 2.10. The Bertz CT molecular complexity index is 403. The second-order valence-electron chi connectivity index (χ2n) is 4.52. The molecular formula is C13H20N2O3. The van der Waals surface area contributed by atoms with Gasteiger partial charge in [0, 0.05) is 19.3 Å². The number of aromatic nitrogens is 1. The van der Waals surface area contributed by atoms with E-state index >= 15 is 0 Å². The van der Waals surface area contributed by atoms with Crippen LogP contribution in [0.3, 0.4) is 0 Å². The highest BCUT2D eigenvalue weighted by atomic mass is 16.5. The van der Waals surface area contributed by atoms with Crippen molar-refractivity contribution < 1.29 is 14.3 Å². The first-order valence-electron chi connectivity index (χ1n) is 6.33. The summed E-state index contributed by atoms with van der Waals surface area (Å²) in [6.07, 6.45) is 2.02. The Balaban J connectivity index is 2.00. The summed E-state index contributed by atoms with van der Waals surface area (Å²) in [5.74, 6) is -0.272. The van der Waals surface area contributed by atoms with E-state index in [4.69, 9.17) is 9.47 Å². The molecular weight excluding hydrogens is 232 g/mol. The van der Waals surface area contributed by atoms with Crippen molar-refractivity contribution in [1.29, 1.82) is 0 Å². The molecule has 1 atom stereocenters. The maximum Gasteiger partial charge on any atom is 0.354 e. The molecule has 0 aromatic carbocycles. The number of hydrogen-bond donors (Lipinski definition) is 0. The van der Waals surface area contributed by atoms with Crippen LogP contribution in [-0.2, 0) is 16.0 Å². The van der Waals surface area contributed by atoms with Gasteiger partial charge in [0.05, 0.1) is 25.9 Å². The van der Waals surface area contributed by atoms with E-state index < -0.39 is 0 Å². The van der Waals surface area contributed by atoms with Crippen molar-refractivity contribution >= 4 is 5.97 Å². The molecule has 0 radical (unpaired) electrons. The second kappa shape index (κ2) is 6.02. The van der Waals surface area contributed by atoms with Crippen LogP contribution in [0.4, 0.5) is 0 Å². The maximum atomic E-state index is 11.7. The first kappa shape index (κ1) is 13.1. The number of rotatable bonds is 4. The van der Waals surface area contributed by atoms with E-state index in [1.807, 2.05) is 23.8 Å². The van der Waals surface area contributed by atoms with Crippen molar-refractivity contribution in [3.05, 3.63) is 24.0 Å². The van der Waals surface area contributed by atoms with Gasteiger partial charge in [0.15, 0.2) is 0 Å². The van der Waals surface area contributed by atoms with Crippen LogP contribution in [0.5, 0.6) is 0 Å². The molecule has 1 aliphatic rings. The largest absolute Gasteiger partial charge is 0.461 e. The molecule has 0 saturated carbocycles. The fourth-order valence-electron chi connectivity index (χ4n) is 2.16. The molecule has 0 N–H and O–H groups in total. The Morgan fingerprint density at radius 1 is 1.61 bits per heavy atom. The molecule has 5 heteroatoms. The fourth-order valence-corrected chi connectivity index (χ4v) is 2.16. The third kappa shape index (κ3) is 3.11. The summed E-state index contributed by atoms with van der Waals surface area (Å²) in [6, 6.07) is 3.64. The van der Waals surface area contributed by atoms with Crippen LogP contribution in [0.1, 0.15) is 17.4 Å². The fraction of sp³-hybridized carbons (Fsp3) is 0.615. The highest BCUT2D eigenvalue weighted by Gasteiger charge is 2.20. The van der Waals surface area contributed by atoms with Gasteiger partial charge in [-0.1, -0.05) is 0 Å². The van der Waals surface area contributed by atoms with Crippen molar-refractivity contribution in [2.45, 2.75) is 19.6 Å². The summed E-state index contributed by atoms with van der Waals surface area (Å²) in [7, 11) is 2.08. The zero-order chi connectivity index (χ0) is 13.0. The Morgan fingerprint density at radius 2 is 2.44 bits per heavy atom. The molecule has 18 heavy (non-hydrogen) atoms. The van der Waals surface area contributed by atoms with Crippen LogP contribution in [0.25, 0.3) is 0 Å². The molecule has 100 valence electrons. The van der Waals surface area contributed by atoms with Gasteiger partial charge in [-0.2, -0.15) is 0 Å². The summed E-state index contributed by atoms with van der Waals surface area (Å²) in [4.78, 5) is 14.0.